The first kappa shape index (κ1) is 11.0. The molecule has 0 N–H and O–H groups in total. The topological polar surface area (TPSA) is 17.1 Å². The molecule has 15 heavy (non-hydrogen) atoms. The molecule has 1 aliphatic carbocycles. The van der Waals surface area contributed by atoms with Gasteiger partial charge in [-0.3, -0.25) is 4.79 Å². The van der Waals surface area contributed by atoms with Crippen LogP contribution in [0.25, 0.3) is 0 Å². The Morgan fingerprint density at radius 3 is 2.60 bits per heavy atom. The maximum atomic E-state index is 11.7. The van der Waals surface area contributed by atoms with E-state index in [0.717, 1.165) is 12.3 Å². The highest BCUT2D eigenvalue weighted by atomic mass is 35.5. The summed E-state index contributed by atoms with van der Waals surface area (Å²) >= 11 is 11.6. The summed E-state index contributed by atoms with van der Waals surface area (Å²) in [5.74, 6) is 0.956. The highest BCUT2D eigenvalue weighted by Crippen LogP contribution is 2.34. The van der Waals surface area contributed by atoms with E-state index in [1.807, 2.05) is 0 Å². The molecule has 1 aliphatic rings. The number of ketones is 1. The minimum absolute atomic E-state index is 0.167. The lowest BCUT2D eigenvalue weighted by atomic mass is 10.1. The third kappa shape index (κ3) is 2.96. The molecule has 0 heterocycles. The average molecular weight is 243 g/mol. The van der Waals surface area contributed by atoms with Crippen LogP contribution in [0.2, 0.25) is 10.0 Å². The van der Waals surface area contributed by atoms with Crippen LogP contribution >= 0.6 is 23.2 Å². The second-order valence-corrected chi connectivity index (χ2v) is 4.85. The lowest BCUT2D eigenvalue weighted by Crippen LogP contribution is -1.99. The van der Waals surface area contributed by atoms with E-state index in [1.54, 1.807) is 18.2 Å². The Morgan fingerprint density at radius 1 is 1.27 bits per heavy atom. The normalized spacial score (nSPS) is 15.3. The number of hydrogen-bond donors (Lipinski definition) is 0. The summed E-state index contributed by atoms with van der Waals surface area (Å²) in [6.07, 6.45) is 4.21. The maximum absolute atomic E-state index is 11.7. The molecule has 0 bridgehead atoms. The monoisotopic (exact) mass is 242 g/mol. The quantitative estimate of drug-likeness (QED) is 0.717. The molecule has 0 saturated heterocycles. The molecule has 1 saturated carbocycles. The van der Waals surface area contributed by atoms with Crippen LogP contribution in [0.15, 0.2) is 18.2 Å². The zero-order chi connectivity index (χ0) is 10.8. The second-order valence-electron chi connectivity index (χ2n) is 4.03. The van der Waals surface area contributed by atoms with Crippen molar-refractivity contribution < 1.29 is 4.79 Å². The number of hydrogen-bond acceptors (Lipinski definition) is 1. The first-order valence-electron chi connectivity index (χ1n) is 5.15. The molecule has 1 fully saturated rings. The standard InChI is InChI=1S/C12H12Cl2O/c13-10-5-4-9(7-11(10)14)12(15)6-3-8-1-2-8/h4-5,7-8H,1-3,6H2. The van der Waals surface area contributed by atoms with Gasteiger partial charge in [0, 0.05) is 12.0 Å². The van der Waals surface area contributed by atoms with Gasteiger partial charge in [0.25, 0.3) is 0 Å². The molecule has 0 aromatic heterocycles. The number of halogens is 2. The van der Waals surface area contributed by atoms with E-state index < -0.39 is 0 Å². The second kappa shape index (κ2) is 4.54. The van der Waals surface area contributed by atoms with Gasteiger partial charge in [-0.25, -0.2) is 0 Å². The zero-order valence-electron chi connectivity index (χ0n) is 8.30. The molecule has 0 aliphatic heterocycles. The largest absolute Gasteiger partial charge is 0.294 e. The number of Topliss-reactive ketones (excluding diaryl/α,β-unsaturated/α-hetero) is 1. The Balaban J connectivity index is 2.00. The lowest BCUT2D eigenvalue weighted by Gasteiger charge is -2.02. The minimum atomic E-state index is 0.167. The van der Waals surface area contributed by atoms with Crippen molar-refractivity contribution in [3.8, 4) is 0 Å². The summed E-state index contributed by atoms with van der Waals surface area (Å²) in [7, 11) is 0. The summed E-state index contributed by atoms with van der Waals surface area (Å²) in [5.41, 5.74) is 0.671. The molecular weight excluding hydrogens is 231 g/mol. The molecule has 2 rings (SSSR count). The first-order chi connectivity index (χ1) is 7.16. The van der Waals surface area contributed by atoms with E-state index in [1.165, 1.54) is 12.8 Å². The fourth-order valence-electron chi connectivity index (χ4n) is 1.56. The van der Waals surface area contributed by atoms with E-state index in [4.69, 9.17) is 23.2 Å². The highest BCUT2D eigenvalue weighted by molar-refractivity contribution is 6.42. The van der Waals surface area contributed by atoms with E-state index in [0.29, 0.717) is 22.0 Å². The highest BCUT2D eigenvalue weighted by Gasteiger charge is 2.22. The summed E-state index contributed by atoms with van der Waals surface area (Å²) in [5, 5.41) is 0.948. The van der Waals surface area contributed by atoms with Crippen molar-refractivity contribution in [1.29, 1.82) is 0 Å². The van der Waals surface area contributed by atoms with Crippen LogP contribution in [0, 0.1) is 5.92 Å². The van der Waals surface area contributed by atoms with Crippen LogP contribution in [0.5, 0.6) is 0 Å². The summed E-state index contributed by atoms with van der Waals surface area (Å²) in [6, 6.07) is 5.07. The van der Waals surface area contributed by atoms with E-state index in [-0.39, 0.29) is 5.78 Å². The molecule has 1 aromatic rings. The average Bonchev–Trinajstić information content (AvgIpc) is 3.02. The molecule has 0 atom stereocenters. The Labute approximate surface area is 99.4 Å². The molecule has 0 spiro atoms. The van der Waals surface area contributed by atoms with Crippen molar-refractivity contribution in [1.82, 2.24) is 0 Å². The smallest absolute Gasteiger partial charge is 0.162 e. The van der Waals surface area contributed by atoms with Crippen molar-refractivity contribution in [2.24, 2.45) is 5.92 Å². The fraction of sp³-hybridized carbons (Fsp3) is 0.417. The van der Waals surface area contributed by atoms with Gasteiger partial charge in [0.1, 0.15) is 0 Å². The lowest BCUT2D eigenvalue weighted by molar-refractivity contribution is 0.0978. The molecule has 1 nitrogen and oxygen atoms in total. The number of benzene rings is 1. The van der Waals surface area contributed by atoms with Gasteiger partial charge < -0.3 is 0 Å². The van der Waals surface area contributed by atoms with Crippen LogP contribution in [-0.2, 0) is 0 Å². The Morgan fingerprint density at radius 2 is 2.00 bits per heavy atom. The zero-order valence-corrected chi connectivity index (χ0v) is 9.81. The predicted molar refractivity (Wildman–Crippen MR) is 62.8 cm³/mol. The van der Waals surface area contributed by atoms with Gasteiger partial charge in [-0.05, 0) is 30.5 Å². The van der Waals surface area contributed by atoms with Crippen molar-refractivity contribution in [3.05, 3.63) is 33.8 Å². The summed E-state index contributed by atoms with van der Waals surface area (Å²) in [6.45, 7) is 0. The van der Waals surface area contributed by atoms with Gasteiger partial charge in [-0.1, -0.05) is 36.0 Å². The van der Waals surface area contributed by atoms with Crippen molar-refractivity contribution in [2.45, 2.75) is 25.7 Å². The fourth-order valence-corrected chi connectivity index (χ4v) is 1.85. The van der Waals surface area contributed by atoms with Gasteiger partial charge >= 0.3 is 0 Å². The molecule has 3 heteroatoms. The van der Waals surface area contributed by atoms with Gasteiger partial charge in [-0.15, -0.1) is 0 Å². The van der Waals surface area contributed by atoms with Crippen molar-refractivity contribution in [2.75, 3.05) is 0 Å². The molecular formula is C12H12Cl2O. The Hall–Kier alpha value is -0.530. The number of rotatable bonds is 4. The van der Waals surface area contributed by atoms with Gasteiger partial charge in [0.05, 0.1) is 10.0 Å². The number of carbonyl (C=O) groups excluding carboxylic acids is 1. The minimum Gasteiger partial charge on any atom is -0.294 e. The van der Waals surface area contributed by atoms with E-state index in [2.05, 4.69) is 0 Å². The van der Waals surface area contributed by atoms with Gasteiger partial charge in [0.15, 0.2) is 5.78 Å². The molecule has 0 amide bonds. The van der Waals surface area contributed by atoms with Crippen molar-refractivity contribution in [3.63, 3.8) is 0 Å². The van der Waals surface area contributed by atoms with Gasteiger partial charge in [0.2, 0.25) is 0 Å². The molecule has 0 radical (unpaired) electrons. The van der Waals surface area contributed by atoms with Crippen LogP contribution in [0.4, 0.5) is 0 Å². The molecule has 80 valence electrons. The van der Waals surface area contributed by atoms with Gasteiger partial charge in [-0.2, -0.15) is 0 Å². The van der Waals surface area contributed by atoms with Crippen LogP contribution < -0.4 is 0 Å². The maximum Gasteiger partial charge on any atom is 0.162 e. The van der Waals surface area contributed by atoms with Crippen LogP contribution in [-0.4, -0.2) is 5.78 Å². The van der Waals surface area contributed by atoms with E-state index in [9.17, 15) is 4.79 Å². The van der Waals surface area contributed by atoms with E-state index >= 15 is 0 Å². The Kier molecular flexibility index (Phi) is 3.32. The first-order valence-corrected chi connectivity index (χ1v) is 5.90. The third-order valence-corrected chi connectivity index (χ3v) is 3.46. The van der Waals surface area contributed by atoms with Crippen molar-refractivity contribution >= 4 is 29.0 Å². The SMILES string of the molecule is O=C(CCC1CC1)c1ccc(Cl)c(Cl)c1. The van der Waals surface area contributed by atoms with Crippen LogP contribution in [0.1, 0.15) is 36.0 Å². The number of carbonyl (C=O) groups is 1. The molecule has 0 unspecified atom stereocenters. The summed E-state index contributed by atoms with van der Waals surface area (Å²) in [4.78, 5) is 11.7. The molecule has 1 aromatic carbocycles. The third-order valence-electron chi connectivity index (χ3n) is 2.72. The van der Waals surface area contributed by atoms with Crippen LogP contribution in [0.3, 0.4) is 0 Å². The Bertz CT molecular complexity index is 383. The predicted octanol–water partition coefficient (Wildman–Crippen LogP) is 4.37. The summed E-state index contributed by atoms with van der Waals surface area (Å²) < 4.78 is 0.